The first-order valence-corrected chi connectivity index (χ1v) is 3.54. The maximum Gasteiger partial charge on any atom is 0.0787 e. The van der Waals surface area contributed by atoms with Crippen LogP contribution in [0.25, 0.3) is 0 Å². The molecule has 0 aromatic carbocycles. The van der Waals surface area contributed by atoms with E-state index in [2.05, 4.69) is 19.9 Å². The van der Waals surface area contributed by atoms with Crippen molar-refractivity contribution in [1.29, 1.82) is 0 Å². The average molecular weight is 128 g/mol. The maximum atomic E-state index is 4.80. The van der Waals surface area contributed by atoms with E-state index in [1.54, 1.807) is 13.4 Å². The summed E-state index contributed by atoms with van der Waals surface area (Å²) in [7, 11) is 1.68. The first-order valence-electron chi connectivity index (χ1n) is 3.54. The molecule has 0 fully saturated rings. The zero-order chi connectivity index (χ0) is 7.11. The molecule has 0 aliphatic carbocycles. The van der Waals surface area contributed by atoms with E-state index in [1.807, 2.05) is 0 Å². The summed E-state index contributed by atoms with van der Waals surface area (Å²) in [6.07, 6.45) is 6.28. The van der Waals surface area contributed by atoms with E-state index in [0.29, 0.717) is 5.92 Å². The molecule has 0 bridgehead atoms. The molecule has 0 aliphatic rings. The van der Waals surface area contributed by atoms with Gasteiger partial charge in [-0.15, -0.1) is 0 Å². The lowest BCUT2D eigenvalue weighted by atomic mass is 10.0. The second kappa shape index (κ2) is 5.67. The SMILES string of the molecule is CCC(/C=C/OC)CC. The summed E-state index contributed by atoms with van der Waals surface area (Å²) < 4.78 is 4.80. The molecule has 0 aromatic rings. The molecule has 0 rings (SSSR count). The Bertz CT molecular complexity index is 72.6. The van der Waals surface area contributed by atoms with Crippen molar-refractivity contribution in [2.24, 2.45) is 5.92 Å². The molecule has 0 amide bonds. The molecule has 1 heteroatoms. The Morgan fingerprint density at radius 3 is 2.22 bits per heavy atom. The molecule has 54 valence electrons. The lowest BCUT2D eigenvalue weighted by Gasteiger charge is -2.03. The van der Waals surface area contributed by atoms with Crippen LogP contribution in [0, 0.1) is 5.92 Å². The van der Waals surface area contributed by atoms with Gasteiger partial charge in [0.05, 0.1) is 13.4 Å². The molecular formula is C8H16O. The third kappa shape index (κ3) is 4.07. The minimum Gasteiger partial charge on any atom is -0.505 e. The van der Waals surface area contributed by atoms with Crippen molar-refractivity contribution in [3.8, 4) is 0 Å². The standard InChI is InChI=1S/C8H16O/c1-4-8(5-2)6-7-9-3/h6-8H,4-5H2,1-3H3/b7-6+. The van der Waals surface area contributed by atoms with Crippen molar-refractivity contribution in [3.63, 3.8) is 0 Å². The third-order valence-corrected chi connectivity index (χ3v) is 1.54. The minimum atomic E-state index is 0.699. The molecule has 0 saturated heterocycles. The lowest BCUT2D eigenvalue weighted by molar-refractivity contribution is 0.333. The second-order valence-corrected chi connectivity index (χ2v) is 2.14. The van der Waals surface area contributed by atoms with Gasteiger partial charge in [0.25, 0.3) is 0 Å². The Labute approximate surface area is 57.7 Å². The van der Waals surface area contributed by atoms with Crippen molar-refractivity contribution in [3.05, 3.63) is 12.3 Å². The Kier molecular flexibility index (Phi) is 5.38. The van der Waals surface area contributed by atoms with Gasteiger partial charge in [0.15, 0.2) is 0 Å². The summed E-state index contributed by atoms with van der Waals surface area (Å²) >= 11 is 0. The minimum absolute atomic E-state index is 0.699. The Balaban J connectivity index is 3.41. The van der Waals surface area contributed by atoms with Gasteiger partial charge in [-0.3, -0.25) is 0 Å². The van der Waals surface area contributed by atoms with Crippen LogP contribution in [-0.2, 0) is 4.74 Å². The summed E-state index contributed by atoms with van der Waals surface area (Å²) in [4.78, 5) is 0. The summed E-state index contributed by atoms with van der Waals surface area (Å²) in [6.45, 7) is 4.38. The first kappa shape index (κ1) is 8.54. The Morgan fingerprint density at radius 2 is 1.89 bits per heavy atom. The highest BCUT2D eigenvalue weighted by Gasteiger charge is 1.94. The van der Waals surface area contributed by atoms with Crippen molar-refractivity contribution in [1.82, 2.24) is 0 Å². The smallest absolute Gasteiger partial charge is 0.0787 e. The van der Waals surface area contributed by atoms with Gasteiger partial charge in [0, 0.05) is 0 Å². The average Bonchev–Trinajstić information content (AvgIpc) is 1.91. The van der Waals surface area contributed by atoms with Crippen molar-refractivity contribution in [2.75, 3.05) is 7.11 Å². The van der Waals surface area contributed by atoms with Crippen molar-refractivity contribution in [2.45, 2.75) is 26.7 Å². The monoisotopic (exact) mass is 128 g/mol. The molecule has 9 heavy (non-hydrogen) atoms. The molecule has 0 unspecified atom stereocenters. The highest BCUT2D eigenvalue weighted by atomic mass is 16.5. The van der Waals surface area contributed by atoms with Gasteiger partial charge < -0.3 is 4.74 Å². The third-order valence-electron chi connectivity index (χ3n) is 1.54. The number of methoxy groups -OCH3 is 1. The van der Waals surface area contributed by atoms with E-state index in [1.165, 1.54) is 12.8 Å². The topological polar surface area (TPSA) is 9.23 Å². The van der Waals surface area contributed by atoms with Crippen LogP contribution in [0.2, 0.25) is 0 Å². The number of hydrogen-bond donors (Lipinski definition) is 0. The van der Waals surface area contributed by atoms with Crippen molar-refractivity contribution >= 4 is 0 Å². The van der Waals surface area contributed by atoms with Gasteiger partial charge in [-0.1, -0.05) is 13.8 Å². The van der Waals surface area contributed by atoms with Crippen LogP contribution in [0.1, 0.15) is 26.7 Å². The summed E-state index contributed by atoms with van der Waals surface area (Å²) in [6, 6.07) is 0. The molecule has 0 radical (unpaired) electrons. The van der Waals surface area contributed by atoms with E-state index >= 15 is 0 Å². The van der Waals surface area contributed by atoms with Gasteiger partial charge in [-0.25, -0.2) is 0 Å². The number of hydrogen-bond acceptors (Lipinski definition) is 1. The molecule has 0 N–H and O–H groups in total. The second-order valence-electron chi connectivity index (χ2n) is 2.14. The van der Waals surface area contributed by atoms with Gasteiger partial charge in [0.1, 0.15) is 0 Å². The number of ether oxygens (including phenoxy) is 1. The van der Waals surface area contributed by atoms with Crippen molar-refractivity contribution < 1.29 is 4.74 Å². The van der Waals surface area contributed by atoms with E-state index in [9.17, 15) is 0 Å². The zero-order valence-corrected chi connectivity index (χ0v) is 6.55. The van der Waals surface area contributed by atoms with Gasteiger partial charge in [0.2, 0.25) is 0 Å². The Hall–Kier alpha value is -0.460. The Morgan fingerprint density at radius 1 is 1.33 bits per heavy atom. The fraction of sp³-hybridized carbons (Fsp3) is 0.750. The van der Waals surface area contributed by atoms with Crippen LogP contribution in [0.3, 0.4) is 0 Å². The predicted octanol–water partition coefficient (Wildman–Crippen LogP) is 2.58. The summed E-state index contributed by atoms with van der Waals surface area (Å²) in [5.41, 5.74) is 0. The molecule has 0 aliphatic heterocycles. The van der Waals surface area contributed by atoms with Gasteiger partial charge >= 0.3 is 0 Å². The van der Waals surface area contributed by atoms with Crippen LogP contribution in [-0.4, -0.2) is 7.11 Å². The quantitative estimate of drug-likeness (QED) is 0.529. The largest absolute Gasteiger partial charge is 0.505 e. The highest BCUT2D eigenvalue weighted by Crippen LogP contribution is 2.07. The molecule has 0 spiro atoms. The van der Waals surface area contributed by atoms with Crippen LogP contribution in [0.4, 0.5) is 0 Å². The van der Waals surface area contributed by atoms with E-state index in [-0.39, 0.29) is 0 Å². The number of allylic oxidation sites excluding steroid dienone is 1. The number of rotatable bonds is 4. The van der Waals surface area contributed by atoms with Gasteiger partial charge in [-0.05, 0) is 24.8 Å². The normalized spacial score (nSPS) is 11.1. The summed E-state index contributed by atoms with van der Waals surface area (Å²) in [5, 5.41) is 0. The maximum absolute atomic E-state index is 4.80. The van der Waals surface area contributed by atoms with Crippen LogP contribution in [0.15, 0.2) is 12.3 Å². The molecule has 0 atom stereocenters. The fourth-order valence-electron chi connectivity index (χ4n) is 0.751. The van der Waals surface area contributed by atoms with Gasteiger partial charge in [-0.2, -0.15) is 0 Å². The van der Waals surface area contributed by atoms with E-state index in [4.69, 9.17) is 4.74 Å². The van der Waals surface area contributed by atoms with Crippen LogP contribution in [0.5, 0.6) is 0 Å². The molecule has 1 nitrogen and oxygen atoms in total. The summed E-state index contributed by atoms with van der Waals surface area (Å²) in [5.74, 6) is 0.699. The highest BCUT2D eigenvalue weighted by molar-refractivity contribution is 4.80. The first-order chi connectivity index (χ1) is 4.35. The van der Waals surface area contributed by atoms with Crippen LogP contribution < -0.4 is 0 Å². The fourth-order valence-corrected chi connectivity index (χ4v) is 0.751. The lowest BCUT2D eigenvalue weighted by Crippen LogP contribution is -1.90. The predicted molar refractivity (Wildman–Crippen MR) is 40.2 cm³/mol. The van der Waals surface area contributed by atoms with E-state index < -0.39 is 0 Å². The zero-order valence-electron chi connectivity index (χ0n) is 6.55. The van der Waals surface area contributed by atoms with Crippen LogP contribution >= 0.6 is 0 Å². The van der Waals surface area contributed by atoms with E-state index in [0.717, 1.165) is 0 Å². The molecule has 0 aromatic heterocycles. The molecule has 0 heterocycles. The molecular weight excluding hydrogens is 112 g/mol. The molecule has 0 saturated carbocycles.